The first-order valence-corrected chi connectivity index (χ1v) is 17.5. The standard InChI is InChI=1S/C28H30Cl5N4OPS/c1-19-3-5-21(15-23(19)29)34-7-11-36(12-8-34)39(40,38-28-18-26(32)25(31)17-27(28)33)37-13-9-35(10-14-37)22-6-4-20(2)24(30)16-22/h3-6,15-18H,7-14H2,1-2H3. The lowest BCUT2D eigenvalue weighted by Crippen LogP contribution is -2.51. The number of rotatable bonds is 6. The average Bonchev–Trinajstić information content (AvgIpc) is 2.95. The molecule has 12 heteroatoms. The first-order chi connectivity index (χ1) is 19.0. The Balaban J connectivity index is 1.37. The van der Waals surface area contributed by atoms with Crippen LogP contribution in [-0.2, 0) is 11.8 Å². The molecule has 5 rings (SSSR count). The monoisotopic (exact) mass is 676 g/mol. The second-order valence-electron chi connectivity index (χ2n) is 10.0. The number of piperazine rings is 2. The number of nitrogens with zero attached hydrogens (tertiary/aromatic N) is 4. The van der Waals surface area contributed by atoms with Gasteiger partial charge in [-0.3, -0.25) is 0 Å². The van der Waals surface area contributed by atoms with E-state index in [4.69, 9.17) is 74.3 Å². The third kappa shape index (κ3) is 6.51. The highest BCUT2D eigenvalue weighted by Gasteiger charge is 2.39. The van der Waals surface area contributed by atoms with E-state index in [0.717, 1.165) is 84.9 Å². The minimum atomic E-state index is -2.72. The molecule has 0 radical (unpaired) electrons. The van der Waals surface area contributed by atoms with Gasteiger partial charge in [-0.15, -0.1) is 0 Å². The number of anilines is 2. The van der Waals surface area contributed by atoms with Crippen LogP contribution in [0, 0.1) is 13.8 Å². The highest BCUT2D eigenvalue weighted by atomic mass is 35.5. The fourth-order valence-corrected chi connectivity index (χ4v) is 9.53. The summed E-state index contributed by atoms with van der Waals surface area (Å²) < 4.78 is 11.3. The van der Waals surface area contributed by atoms with Gasteiger partial charge < -0.3 is 14.3 Å². The largest absolute Gasteiger partial charge is 0.439 e. The van der Waals surface area contributed by atoms with Crippen molar-refractivity contribution in [3.63, 3.8) is 0 Å². The Kier molecular flexibility index (Phi) is 9.73. The molecule has 0 atom stereocenters. The van der Waals surface area contributed by atoms with Crippen molar-refractivity contribution >= 4 is 87.8 Å². The molecule has 0 aromatic heterocycles. The minimum absolute atomic E-state index is 0.378. The van der Waals surface area contributed by atoms with Crippen LogP contribution in [0.5, 0.6) is 5.75 Å². The van der Waals surface area contributed by atoms with E-state index in [2.05, 4.69) is 43.4 Å². The van der Waals surface area contributed by atoms with E-state index >= 15 is 0 Å². The predicted octanol–water partition coefficient (Wildman–Crippen LogP) is 8.82. The van der Waals surface area contributed by atoms with E-state index in [1.807, 2.05) is 26.0 Å². The molecular weight excluding hydrogens is 649 g/mol. The molecular formula is C28H30Cl5N4OPS. The molecule has 0 unspecified atom stereocenters. The molecule has 0 spiro atoms. The highest BCUT2D eigenvalue weighted by molar-refractivity contribution is 8.10. The van der Waals surface area contributed by atoms with Gasteiger partial charge in [0.1, 0.15) is 5.75 Å². The summed E-state index contributed by atoms with van der Waals surface area (Å²) in [6.07, 6.45) is 0. The molecule has 2 fully saturated rings. The molecule has 3 aromatic rings. The number of hydrogen-bond acceptors (Lipinski definition) is 4. The summed E-state index contributed by atoms with van der Waals surface area (Å²) in [6.45, 7) is 7.51. The molecule has 214 valence electrons. The fraction of sp³-hybridized carbons (Fsp3) is 0.357. The minimum Gasteiger partial charge on any atom is -0.439 e. The van der Waals surface area contributed by atoms with E-state index < -0.39 is 6.57 Å². The van der Waals surface area contributed by atoms with Crippen LogP contribution in [0.3, 0.4) is 0 Å². The van der Waals surface area contributed by atoms with E-state index in [9.17, 15) is 0 Å². The summed E-state index contributed by atoms with van der Waals surface area (Å²) in [5.41, 5.74) is 4.36. The Morgan fingerprint density at radius 2 is 1.00 bits per heavy atom. The van der Waals surface area contributed by atoms with Crippen molar-refractivity contribution in [2.24, 2.45) is 0 Å². The molecule has 5 nitrogen and oxygen atoms in total. The topological polar surface area (TPSA) is 22.2 Å². The molecule has 2 heterocycles. The summed E-state index contributed by atoms with van der Waals surface area (Å²) in [5, 5.41) is 2.70. The average molecular weight is 679 g/mol. The van der Waals surface area contributed by atoms with Crippen LogP contribution in [0.2, 0.25) is 25.1 Å². The van der Waals surface area contributed by atoms with Gasteiger partial charge in [-0.25, -0.2) is 9.34 Å². The summed E-state index contributed by atoms with van der Waals surface area (Å²) in [5.74, 6) is 0.458. The van der Waals surface area contributed by atoms with Gasteiger partial charge in [0.15, 0.2) is 0 Å². The second kappa shape index (κ2) is 12.8. The van der Waals surface area contributed by atoms with E-state index in [1.54, 1.807) is 12.1 Å². The highest BCUT2D eigenvalue weighted by Crippen LogP contribution is 2.56. The van der Waals surface area contributed by atoms with Gasteiger partial charge in [-0.1, -0.05) is 70.1 Å². The van der Waals surface area contributed by atoms with E-state index in [-0.39, 0.29) is 0 Å². The van der Waals surface area contributed by atoms with E-state index in [0.29, 0.717) is 20.8 Å². The van der Waals surface area contributed by atoms with Crippen molar-refractivity contribution in [2.75, 3.05) is 62.2 Å². The molecule has 0 aliphatic carbocycles. The molecule has 0 amide bonds. The lowest BCUT2D eigenvalue weighted by atomic mass is 10.2. The molecule has 0 saturated carbocycles. The second-order valence-corrected chi connectivity index (χ2v) is 15.8. The Labute approximate surface area is 266 Å². The maximum absolute atomic E-state index is 6.72. The normalized spacial score (nSPS) is 17.4. The zero-order valence-electron chi connectivity index (χ0n) is 22.2. The van der Waals surface area contributed by atoms with Crippen LogP contribution >= 0.6 is 64.6 Å². The molecule has 2 saturated heterocycles. The number of benzene rings is 3. The van der Waals surface area contributed by atoms with E-state index in [1.165, 1.54) is 0 Å². The SMILES string of the molecule is Cc1ccc(N2CCN(P(=S)(Oc3cc(Cl)c(Cl)cc3Cl)N3CCN(c4ccc(C)c(Cl)c4)CC3)CC2)cc1Cl. The van der Waals surface area contributed by atoms with Crippen molar-refractivity contribution in [3.05, 3.63) is 84.8 Å². The molecule has 3 aromatic carbocycles. The lowest BCUT2D eigenvalue weighted by Gasteiger charge is -2.48. The van der Waals surface area contributed by atoms with Crippen molar-refractivity contribution in [1.82, 2.24) is 9.34 Å². The van der Waals surface area contributed by atoms with Crippen LogP contribution < -0.4 is 14.3 Å². The van der Waals surface area contributed by atoms with Crippen LogP contribution in [0.15, 0.2) is 48.5 Å². The van der Waals surface area contributed by atoms with Crippen molar-refractivity contribution in [3.8, 4) is 5.75 Å². The van der Waals surface area contributed by atoms with Crippen molar-refractivity contribution in [2.45, 2.75) is 13.8 Å². The van der Waals surface area contributed by atoms with Gasteiger partial charge in [0.05, 0.1) is 15.1 Å². The molecule has 0 bridgehead atoms. The molecule has 0 N–H and O–H groups in total. The van der Waals surface area contributed by atoms with Crippen molar-refractivity contribution < 1.29 is 4.52 Å². The van der Waals surface area contributed by atoms with Gasteiger partial charge >= 0.3 is 0 Å². The summed E-state index contributed by atoms with van der Waals surface area (Å²) in [7, 11) is 0. The molecule has 40 heavy (non-hydrogen) atoms. The first-order valence-electron chi connectivity index (χ1n) is 13.0. The summed E-state index contributed by atoms with van der Waals surface area (Å²) in [4.78, 5) is 4.68. The third-order valence-electron chi connectivity index (χ3n) is 7.46. The van der Waals surface area contributed by atoms with Gasteiger partial charge in [-0.2, -0.15) is 0 Å². The number of hydrogen-bond donors (Lipinski definition) is 0. The zero-order valence-corrected chi connectivity index (χ0v) is 27.7. The lowest BCUT2D eigenvalue weighted by molar-refractivity contribution is 0.306. The zero-order chi connectivity index (χ0) is 28.6. The van der Waals surface area contributed by atoms with Crippen LogP contribution in [0.1, 0.15) is 11.1 Å². The third-order valence-corrected chi connectivity index (χ3v) is 13.6. The Morgan fingerprint density at radius 1 is 0.575 bits per heavy atom. The Bertz CT molecular complexity index is 1370. The first kappa shape index (κ1) is 30.5. The Morgan fingerprint density at radius 3 is 1.43 bits per heavy atom. The van der Waals surface area contributed by atoms with Gasteiger partial charge in [0.2, 0.25) is 0 Å². The number of halogens is 5. The maximum Gasteiger partial charge on any atom is 0.253 e. The van der Waals surface area contributed by atoms with Crippen LogP contribution in [0.4, 0.5) is 11.4 Å². The predicted molar refractivity (Wildman–Crippen MR) is 176 cm³/mol. The summed E-state index contributed by atoms with van der Waals surface area (Å²) >= 11 is 38.4. The quantitative estimate of drug-likeness (QED) is 0.191. The molecule has 2 aliphatic heterocycles. The smallest absolute Gasteiger partial charge is 0.253 e. The van der Waals surface area contributed by atoms with Crippen LogP contribution in [-0.4, -0.2) is 61.7 Å². The van der Waals surface area contributed by atoms with Crippen molar-refractivity contribution in [1.29, 1.82) is 0 Å². The van der Waals surface area contributed by atoms with Gasteiger partial charge in [0, 0.05) is 79.8 Å². The van der Waals surface area contributed by atoms with Gasteiger partial charge in [-0.05, 0) is 67.1 Å². The fourth-order valence-electron chi connectivity index (χ4n) is 4.97. The van der Waals surface area contributed by atoms with Gasteiger partial charge in [0.25, 0.3) is 6.57 Å². The Hall–Kier alpha value is -0.920. The summed E-state index contributed by atoms with van der Waals surface area (Å²) in [6, 6.07) is 15.7. The maximum atomic E-state index is 6.72. The molecule has 2 aliphatic rings. The van der Waals surface area contributed by atoms with Crippen LogP contribution in [0.25, 0.3) is 0 Å². The number of aryl methyl sites for hydroxylation is 2.